The first-order chi connectivity index (χ1) is 18.6. The highest BCUT2D eigenvalue weighted by molar-refractivity contribution is 7.08. The summed E-state index contributed by atoms with van der Waals surface area (Å²) in [5.41, 5.74) is 21.9. The van der Waals surface area contributed by atoms with Crippen molar-refractivity contribution in [2.24, 2.45) is 17.2 Å². The van der Waals surface area contributed by atoms with E-state index in [0.717, 1.165) is 28.1 Å². The normalized spacial score (nSPS) is 16.4. The van der Waals surface area contributed by atoms with E-state index in [1.165, 1.54) is 4.68 Å². The lowest BCUT2D eigenvalue weighted by atomic mass is 9.96. The van der Waals surface area contributed by atoms with Crippen LogP contribution in [-0.4, -0.2) is 62.8 Å². The summed E-state index contributed by atoms with van der Waals surface area (Å²) >= 11 is 1.55. The highest BCUT2D eigenvalue weighted by Gasteiger charge is 2.39. The highest BCUT2D eigenvalue weighted by Crippen LogP contribution is 2.46. The van der Waals surface area contributed by atoms with E-state index in [1.54, 1.807) is 30.8 Å². The summed E-state index contributed by atoms with van der Waals surface area (Å²) in [4.78, 5) is 15.8. The molecule has 0 atom stereocenters. The van der Waals surface area contributed by atoms with E-state index in [9.17, 15) is 4.79 Å². The summed E-state index contributed by atoms with van der Waals surface area (Å²) in [5, 5.41) is 13.1. The van der Waals surface area contributed by atoms with Gasteiger partial charge in [-0.2, -0.15) is 21.5 Å². The quantitative estimate of drug-likeness (QED) is 0.316. The van der Waals surface area contributed by atoms with Gasteiger partial charge in [0.15, 0.2) is 5.69 Å². The third-order valence-corrected chi connectivity index (χ3v) is 7.72. The van der Waals surface area contributed by atoms with Crippen LogP contribution in [0.15, 0.2) is 41.4 Å². The number of amides is 1. The van der Waals surface area contributed by atoms with Crippen LogP contribution in [0.2, 0.25) is 0 Å². The molecule has 5 heterocycles. The lowest BCUT2D eigenvalue weighted by Crippen LogP contribution is -2.59. The third kappa shape index (κ3) is 4.28. The van der Waals surface area contributed by atoms with E-state index < -0.39 is 11.4 Å². The smallest absolute Gasteiger partial charge is 0.275 e. The van der Waals surface area contributed by atoms with Gasteiger partial charge in [-0.25, -0.2) is 9.36 Å². The molecule has 2 aliphatic rings. The zero-order chi connectivity index (χ0) is 27.5. The molecule has 13 heteroatoms. The van der Waals surface area contributed by atoms with E-state index in [1.807, 2.05) is 52.4 Å². The van der Waals surface area contributed by atoms with Crippen LogP contribution < -0.4 is 26.7 Å². The number of benzene rings is 1. The Kier molecular flexibility index (Phi) is 6.00. The van der Waals surface area contributed by atoms with Gasteiger partial charge in [0.2, 0.25) is 5.91 Å². The Balaban J connectivity index is 1.53. The molecule has 3 aromatic heterocycles. The summed E-state index contributed by atoms with van der Waals surface area (Å²) in [6, 6.07) is 5.73. The molecule has 12 nitrogen and oxygen atoms in total. The average Bonchev–Trinajstić information content (AvgIpc) is 3.66. The molecule has 204 valence electrons. The van der Waals surface area contributed by atoms with Crippen LogP contribution in [0.1, 0.15) is 29.9 Å². The zero-order valence-electron chi connectivity index (χ0n) is 21.9. The number of carbonyl (C=O) groups is 1. The zero-order valence-corrected chi connectivity index (χ0v) is 22.7. The summed E-state index contributed by atoms with van der Waals surface area (Å²) < 4.78 is 20.6. The number of fused-ring (bicyclic) bond motifs is 3. The van der Waals surface area contributed by atoms with E-state index in [4.69, 9.17) is 36.5 Å². The Labute approximate surface area is 228 Å². The number of nitrogens with two attached hydrogens (primary N) is 3. The van der Waals surface area contributed by atoms with Crippen molar-refractivity contribution in [3.05, 3.63) is 52.6 Å². The number of hydrogen-bond acceptors (Lipinski definition) is 10. The monoisotopic (exact) mass is 550 g/mol. The van der Waals surface area contributed by atoms with Gasteiger partial charge >= 0.3 is 0 Å². The lowest BCUT2D eigenvalue weighted by Gasteiger charge is -2.41. The third-order valence-electron chi connectivity index (χ3n) is 7.05. The molecule has 39 heavy (non-hydrogen) atoms. The highest BCUT2D eigenvalue weighted by atomic mass is 32.1. The number of thiophene rings is 1. The van der Waals surface area contributed by atoms with Crippen molar-refractivity contribution in [1.82, 2.24) is 24.5 Å². The Morgan fingerprint density at radius 1 is 1.23 bits per heavy atom. The first kappa shape index (κ1) is 25.5. The molecule has 0 aliphatic carbocycles. The minimum absolute atomic E-state index is 0.152. The maximum absolute atomic E-state index is 13.9. The molecule has 1 amide bonds. The standard InChI is InChI=1S/C26H30N8O4S/c1-25(2)14-37-6-5-32(25)24(35)22-19-12-38-21-9-20(36-3)17(15-10-30-33(11-15)26(27,28)29)8-18(21)23(19)34(31-22)16-4-7-39-13-16/h4,7-11,13H,5-6,12,14,27-29H2,1-3H3. The molecule has 0 bridgehead atoms. The van der Waals surface area contributed by atoms with Crippen LogP contribution >= 0.6 is 11.3 Å². The number of rotatable bonds is 5. The predicted molar refractivity (Wildman–Crippen MR) is 145 cm³/mol. The molecule has 4 aromatic rings. The second kappa shape index (κ2) is 9.17. The maximum Gasteiger partial charge on any atom is 0.275 e. The summed E-state index contributed by atoms with van der Waals surface area (Å²) in [5.74, 6) is -0.624. The second-order valence-corrected chi connectivity index (χ2v) is 11.1. The van der Waals surface area contributed by atoms with Gasteiger partial charge in [0.1, 0.15) is 18.1 Å². The molecule has 1 aromatic carbocycles. The van der Waals surface area contributed by atoms with Crippen LogP contribution in [-0.2, 0) is 17.3 Å². The van der Waals surface area contributed by atoms with Gasteiger partial charge in [0.25, 0.3) is 5.91 Å². The van der Waals surface area contributed by atoms with E-state index in [2.05, 4.69) is 5.10 Å². The van der Waals surface area contributed by atoms with Crippen molar-refractivity contribution < 1.29 is 19.0 Å². The van der Waals surface area contributed by atoms with Crippen LogP contribution in [0.5, 0.6) is 11.5 Å². The van der Waals surface area contributed by atoms with Crippen molar-refractivity contribution in [2.45, 2.75) is 31.9 Å². The first-order valence-electron chi connectivity index (χ1n) is 12.4. The van der Waals surface area contributed by atoms with Crippen molar-refractivity contribution >= 4 is 17.2 Å². The van der Waals surface area contributed by atoms with Crippen molar-refractivity contribution in [2.75, 3.05) is 26.9 Å². The minimum atomic E-state index is -1.66. The van der Waals surface area contributed by atoms with E-state index >= 15 is 0 Å². The Morgan fingerprint density at radius 3 is 2.72 bits per heavy atom. The number of morpholine rings is 1. The summed E-state index contributed by atoms with van der Waals surface area (Å²) in [7, 11) is 1.58. The largest absolute Gasteiger partial charge is 0.496 e. The predicted octanol–water partition coefficient (Wildman–Crippen LogP) is 2.06. The molecule has 0 unspecified atom stereocenters. The summed E-state index contributed by atoms with van der Waals surface area (Å²) in [6.07, 6.45) is 3.27. The fraction of sp³-hybridized carbons (Fsp3) is 0.346. The molecule has 1 saturated heterocycles. The van der Waals surface area contributed by atoms with Crippen molar-refractivity contribution in [3.63, 3.8) is 0 Å². The molecule has 6 N–H and O–H groups in total. The van der Waals surface area contributed by atoms with Gasteiger partial charge in [-0.15, -0.1) is 0 Å². The first-order valence-corrected chi connectivity index (χ1v) is 13.3. The number of carbonyl (C=O) groups excluding carboxylic acids is 1. The van der Waals surface area contributed by atoms with E-state index in [-0.39, 0.29) is 12.5 Å². The maximum atomic E-state index is 13.9. The number of aromatic nitrogens is 4. The molecule has 0 radical (unpaired) electrons. The molecular weight excluding hydrogens is 520 g/mol. The Morgan fingerprint density at radius 2 is 2.05 bits per heavy atom. The molecule has 6 rings (SSSR count). The fourth-order valence-electron chi connectivity index (χ4n) is 5.05. The van der Waals surface area contributed by atoms with Gasteiger partial charge in [-0.05, 0) is 31.4 Å². The minimum Gasteiger partial charge on any atom is -0.496 e. The van der Waals surface area contributed by atoms with Gasteiger partial charge in [-0.3, -0.25) is 22.0 Å². The lowest BCUT2D eigenvalue weighted by molar-refractivity contribution is -0.0374. The Hall–Kier alpha value is -3.75. The van der Waals surface area contributed by atoms with Gasteiger partial charge in [0.05, 0.1) is 43.4 Å². The molecule has 0 spiro atoms. The topological polar surface area (TPSA) is 162 Å². The van der Waals surface area contributed by atoms with E-state index in [0.29, 0.717) is 42.5 Å². The van der Waals surface area contributed by atoms with Crippen LogP contribution in [0.4, 0.5) is 0 Å². The molecule has 1 fully saturated rings. The fourth-order valence-corrected chi connectivity index (χ4v) is 5.66. The average molecular weight is 551 g/mol. The van der Waals surface area contributed by atoms with Crippen molar-refractivity contribution in [3.8, 4) is 39.6 Å². The number of methoxy groups -OCH3 is 1. The van der Waals surface area contributed by atoms with Gasteiger partial charge in [0, 0.05) is 46.4 Å². The molecular formula is C26H30N8O4S. The number of nitrogens with zero attached hydrogens (tertiary/aromatic N) is 5. The number of hydrogen-bond donors (Lipinski definition) is 3. The van der Waals surface area contributed by atoms with Crippen LogP contribution in [0, 0.1) is 0 Å². The summed E-state index contributed by atoms with van der Waals surface area (Å²) in [6.45, 7) is 5.60. The Bertz CT molecular complexity index is 1550. The van der Waals surface area contributed by atoms with Gasteiger partial charge in [-0.1, -0.05) is 0 Å². The van der Waals surface area contributed by atoms with Crippen LogP contribution in [0.25, 0.3) is 28.1 Å². The van der Waals surface area contributed by atoms with Crippen LogP contribution in [0.3, 0.4) is 0 Å². The van der Waals surface area contributed by atoms with Gasteiger partial charge < -0.3 is 19.1 Å². The van der Waals surface area contributed by atoms with Crippen molar-refractivity contribution in [1.29, 1.82) is 0 Å². The SMILES string of the molecule is COc1cc2c(cc1-c1cnn(C(N)(N)N)c1)-c1c(c(C(=O)N3CCOCC3(C)C)nn1-c1ccsc1)CO2. The number of ether oxygens (including phenoxy) is 3. The molecule has 2 aliphatic heterocycles. The second-order valence-electron chi connectivity index (χ2n) is 10.3. The molecule has 0 saturated carbocycles.